The van der Waals surface area contributed by atoms with Crippen molar-refractivity contribution in [3.8, 4) is 5.75 Å². The van der Waals surface area contributed by atoms with E-state index >= 15 is 0 Å². The zero-order chi connectivity index (χ0) is 21.2. The van der Waals surface area contributed by atoms with Crippen molar-refractivity contribution in [2.75, 3.05) is 0 Å². The Bertz CT molecular complexity index is 994. The Hall–Kier alpha value is -0.600. The number of ketones is 1. The molecule has 1 unspecified atom stereocenters. The van der Waals surface area contributed by atoms with E-state index in [0.717, 1.165) is 0 Å². The van der Waals surface area contributed by atoms with Crippen LogP contribution in [-0.2, 0) is 10.3 Å². The molecule has 2 rings (SSSR count). The monoisotopic (exact) mass is 466 g/mol. The van der Waals surface area contributed by atoms with Crippen molar-refractivity contribution in [2.24, 2.45) is 5.14 Å². The molecule has 2 aromatic rings. The van der Waals surface area contributed by atoms with Crippen molar-refractivity contribution in [3.05, 3.63) is 63.7 Å². The maximum Gasteiger partial charge on any atom is 0.380 e. The summed E-state index contributed by atoms with van der Waals surface area (Å²) in [5.74, 6) is -0.576. The van der Waals surface area contributed by atoms with Crippen LogP contribution in [0.2, 0.25) is 5.02 Å². The van der Waals surface area contributed by atoms with E-state index in [9.17, 15) is 13.2 Å². The number of carbonyl (C=O) groups excluding carboxylic acids is 1. The third-order valence-electron chi connectivity index (χ3n) is 4.30. The summed E-state index contributed by atoms with van der Waals surface area (Å²) in [6.45, 7) is 7.46. The van der Waals surface area contributed by atoms with E-state index in [-0.39, 0.29) is 52.7 Å². The number of hydrogen-bond donors (Lipinski definition) is 1. The smallest absolute Gasteiger partial charge is 0.370 e. The van der Waals surface area contributed by atoms with E-state index in [2.05, 4.69) is 0 Å². The Balaban J connectivity index is 0.00000420. The molecule has 153 valence electrons. The molecule has 0 saturated carbocycles. The average molecular weight is 467 g/mol. The minimum absolute atomic E-state index is 0. The second-order valence-electron chi connectivity index (χ2n) is 7.08. The number of rotatable bonds is 7. The Kier molecular flexibility index (Phi) is 9.68. The minimum Gasteiger partial charge on any atom is -0.370 e. The second kappa shape index (κ2) is 10.6. The van der Waals surface area contributed by atoms with Gasteiger partial charge in [0.25, 0.3) is 0 Å². The molecule has 2 N–H and O–H groups in total. The van der Waals surface area contributed by atoms with Crippen LogP contribution in [0.15, 0.2) is 36.4 Å². The molecule has 0 spiro atoms. The first-order chi connectivity index (χ1) is 12.9. The Morgan fingerprint density at radius 3 is 2.07 bits per heavy atom. The van der Waals surface area contributed by atoms with Gasteiger partial charge in [0.1, 0.15) is 5.38 Å². The van der Waals surface area contributed by atoms with Gasteiger partial charge in [-0.3, -0.25) is 4.79 Å². The zero-order valence-electron chi connectivity index (χ0n) is 17.1. The second-order valence-corrected chi connectivity index (χ2v) is 9.07. The van der Waals surface area contributed by atoms with E-state index in [1.807, 2.05) is 27.7 Å². The normalized spacial score (nSPS) is 12.6. The van der Waals surface area contributed by atoms with Gasteiger partial charge in [0.05, 0.1) is 0 Å². The molecule has 0 bridgehead atoms. The first kappa shape index (κ1) is 26.4. The van der Waals surface area contributed by atoms with Gasteiger partial charge in [-0.25, -0.2) is 0 Å². The minimum atomic E-state index is -4.28. The molecule has 0 aliphatic carbocycles. The predicted octanol–water partition coefficient (Wildman–Crippen LogP) is 4.95. The first-order valence-corrected chi connectivity index (χ1v) is 11.0. The van der Waals surface area contributed by atoms with Gasteiger partial charge in [0.2, 0.25) is 0 Å². The summed E-state index contributed by atoms with van der Waals surface area (Å²) in [7, 11) is -4.28. The van der Waals surface area contributed by atoms with Gasteiger partial charge < -0.3 is 4.18 Å². The van der Waals surface area contributed by atoms with Crippen LogP contribution in [-0.4, -0.2) is 43.8 Å². The van der Waals surface area contributed by atoms with E-state index in [4.69, 9.17) is 32.5 Å². The zero-order valence-corrected chi connectivity index (χ0v) is 21.4. The summed E-state index contributed by atoms with van der Waals surface area (Å²) in [6.07, 6.45) is 0. The van der Waals surface area contributed by atoms with Crippen LogP contribution >= 0.6 is 23.2 Å². The first-order valence-electron chi connectivity index (χ1n) is 8.75. The molecular weight excluding hydrogens is 444 g/mol. The van der Waals surface area contributed by atoms with Crippen molar-refractivity contribution < 1.29 is 17.4 Å². The third kappa shape index (κ3) is 6.44. The number of Topliss-reactive ketones (excluding diaryl/α,β-unsaturated/α-hetero) is 1. The quantitative estimate of drug-likeness (QED) is 0.355. The topological polar surface area (TPSA) is 86.5 Å². The molecule has 0 heterocycles. The Labute approximate surface area is 204 Å². The maximum atomic E-state index is 13.2. The summed E-state index contributed by atoms with van der Waals surface area (Å²) < 4.78 is 28.4. The van der Waals surface area contributed by atoms with Gasteiger partial charge in [-0.15, -0.1) is 11.6 Å². The summed E-state index contributed by atoms with van der Waals surface area (Å²) >= 11 is 12.6. The molecule has 0 saturated heterocycles. The fourth-order valence-corrected chi connectivity index (χ4v) is 4.05. The van der Waals surface area contributed by atoms with Crippen molar-refractivity contribution in [2.45, 2.75) is 44.9 Å². The number of hydrogen-bond acceptors (Lipinski definition) is 4. The molecule has 2 aromatic carbocycles. The summed E-state index contributed by atoms with van der Waals surface area (Å²) in [5.41, 5.74) is 1.84. The van der Waals surface area contributed by atoms with Crippen LogP contribution in [0, 0.1) is 0 Å². The van der Waals surface area contributed by atoms with E-state index in [1.165, 1.54) is 0 Å². The number of alkyl halides is 1. The van der Waals surface area contributed by atoms with Crippen LogP contribution < -0.4 is 9.32 Å². The fraction of sp³-hybridized carbons (Fsp3) is 0.350. The molecule has 1 atom stereocenters. The predicted molar refractivity (Wildman–Crippen MR) is 118 cm³/mol. The molecule has 5 nitrogen and oxygen atoms in total. The summed E-state index contributed by atoms with van der Waals surface area (Å²) in [5, 5.41) is 4.47. The molecule has 0 aromatic heterocycles. The van der Waals surface area contributed by atoms with Gasteiger partial charge in [-0.05, 0) is 29.0 Å². The van der Waals surface area contributed by atoms with Crippen LogP contribution in [0.4, 0.5) is 0 Å². The van der Waals surface area contributed by atoms with Crippen molar-refractivity contribution in [3.63, 3.8) is 0 Å². The van der Waals surface area contributed by atoms with Crippen LogP contribution in [0.25, 0.3) is 0 Å². The SMILES string of the molecule is CC(C)c1ccc(C(=O)C(Cl)c2ccccc2Cl)c(C(C)C)c1OS(N)(=O)=O.[Na]. The number of benzene rings is 2. The van der Waals surface area contributed by atoms with Crippen molar-refractivity contribution >= 4 is 68.8 Å². The van der Waals surface area contributed by atoms with Crippen LogP contribution in [0.5, 0.6) is 5.75 Å². The molecule has 0 aliphatic rings. The molecule has 9 heteroatoms. The Morgan fingerprint density at radius 2 is 1.59 bits per heavy atom. The molecule has 0 amide bonds. The maximum absolute atomic E-state index is 13.2. The van der Waals surface area contributed by atoms with Crippen LogP contribution in [0.3, 0.4) is 0 Å². The molecule has 0 aliphatic heterocycles. The third-order valence-corrected chi connectivity index (χ3v) is 5.48. The van der Waals surface area contributed by atoms with E-state index in [1.54, 1.807) is 36.4 Å². The number of nitrogens with two attached hydrogens (primary N) is 1. The largest absolute Gasteiger partial charge is 0.380 e. The summed E-state index contributed by atoms with van der Waals surface area (Å²) in [6, 6.07) is 10.1. The van der Waals surface area contributed by atoms with Crippen molar-refractivity contribution in [1.82, 2.24) is 0 Å². The van der Waals surface area contributed by atoms with E-state index in [0.29, 0.717) is 21.7 Å². The number of halogens is 2. The average Bonchev–Trinajstić information content (AvgIpc) is 2.58. The van der Waals surface area contributed by atoms with Gasteiger partial charge >= 0.3 is 10.3 Å². The molecule has 1 radical (unpaired) electrons. The standard InChI is InChI=1S/C20H23Cl2NO4S.Na/c1-11(2)13-9-10-15(17(12(3)4)20(13)27-28(23,25)26)19(24)18(22)14-7-5-6-8-16(14)21;/h5-12,18H,1-4H3,(H2,23,25,26);. The van der Waals surface area contributed by atoms with Gasteiger partial charge in [-0.1, -0.05) is 69.6 Å². The Morgan fingerprint density at radius 1 is 1.00 bits per heavy atom. The van der Waals surface area contributed by atoms with Gasteiger partial charge in [-0.2, -0.15) is 13.6 Å². The fourth-order valence-electron chi connectivity index (χ4n) is 3.03. The van der Waals surface area contributed by atoms with Crippen molar-refractivity contribution in [1.29, 1.82) is 0 Å². The molecule has 29 heavy (non-hydrogen) atoms. The molecular formula is C20H23Cl2NNaO4S. The summed E-state index contributed by atoms with van der Waals surface area (Å²) in [4.78, 5) is 13.2. The van der Waals surface area contributed by atoms with E-state index < -0.39 is 21.5 Å². The van der Waals surface area contributed by atoms with Gasteiger partial charge in [0, 0.05) is 45.7 Å². The molecule has 0 fully saturated rings. The number of carbonyl (C=O) groups is 1. The van der Waals surface area contributed by atoms with Crippen LogP contribution in [0.1, 0.15) is 72.0 Å². The van der Waals surface area contributed by atoms with Gasteiger partial charge in [0.15, 0.2) is 11.5 Å².